The molecule has 1 aliphatic rings. The quantitative estimate of drug-likeness (QED) is 0.656. The first kappa shape index (κ1) is 16.1. The van der Waals surface area contributed by atoms with Crippen LogP contribution in [0.1, 0.15) is 35.4 Å². The molecule has 4 rings (SSSR count). The molecule has 130 valence electrons. The van der Waals surface area contributed by atoms with E-state index >= 15 is 0 Å². The average Bonchev–Trinajstić information content (AvgIpc) is 3.30. The number of ether oxygens (including phenoxy) is 2. The maximum Gasteiger partial charge on any atom is 0.348 e. The van der Waals surface area contributed by atoms with Gasteiger partial charge in [0.2, 0.25) is 0 Å². The van der Waals surface area contributed by atoms with Crippen LogP contribution in [0.5, 0.6) is 5.75 Å². The number of aromatic nitrogens is 1. The van der Waals surface area contributed by atoms with Gasteiger partial charge in [-0.1, -0.05) is 0 Å². The summed E-state index contributed by atoms with van der Waals surface area (Å²) in [4.78, 5) is 15.3. The number of carbonyl (C=O) groups is 1. The van der Waals surface area contributed by atoms with Gasteiger partial charge in [-0.15, -0.1) is 11.3 Å². The highest BCUT2D eigenvalue weighted by Gasteiger charge is 2.18. The maximum absolute atomic E-state index is 14.5. The molecule has 0 radical (unpaired) electrons. The Morgan fingerprint density at radius 2 is 2.04 bits per heavy atom. The second-order valence-corrected chi connectivity index (χ2v) is 7.31. The number of rotatable bonds is 4. The van der Waals surface area contributed by atoms with Gasteiger partial charge < -0.3 is 14.5 Å². The van der Waals surface area contributed by atoms with Crippen LogP contribution in [0.4, 0.5) is 4.39 Å². The number of halogens is 1. The number of methoxy groups -OCH3 is 1. The molecule has 6 heteroatoms. The van der Waals surface area contributed by atoms with Crippen molar-refractivity contribution in [1.82, 2.24) is 4.98 Å². The Kier molecular flexibility index (Phi) is 4.21. The van der Waals surface area contributed by atoms with E-state index in [9.17, 15) is 9.18 Å². The Hall–Kier alpha value is -2.34. The summed E-state index contributed by atoms with van der Waals surface area (Å²) in [7, 11) is 1.35. The lowest BCUT2D eigenvalue weighted by molar-refractivity contribution is 0.0606. The van der Waals surface area contributed by atoms with Crippen molar-refractivity contribution >= 4 is 27.5 Å². The molecular formula is C19H18FNO3S. The predicted molar refractivity (Wildman–Crippen MR) is 95.8 cm³/mol. The molecule has 25 heavy (non-hydrogen) atoms. The van der Waals surface area contributed by atoms with Crippen molar-refractivity contribution in [3.8, 4) is 17.0 Å². The third-order valence-electron chi connectivity index (χ3n) is 4.53. The topological polar surface area (TPSA) is 51.3 Å². The minimum atomic E-state index is -0.365. The number of fused-ring (bicyclic) bond motifs is 1. The van der Waals surface area contributed by atoms with Gasteiger partial charge >= 0.3 is 5.97 Å². The minimum Gasteiger partial charge on any atom is -0.490 e. The summed E-state index contributed by atoms with van der Waals surface area (Å²) < 4.78 is 26.0. The second kappa shape index (κ2) is 6.52. The van der Waals surface area contributed by atoms with Crippen LogP contribution in [0.15, 0.2) is 30.3 Å². The first-order chi connectivity index (χ1) is 12.1. The number of thiophene rings is 1. The van der Waals surface area contributed by atoms with Gasteiger partial charge in [0.25, 0.3) is 0 Å². The number of nitrogens with one attached hydrogen (secondary N) is 1. The Morgan fingerprint density at radius 1 is 1.24 bits per heavy atom. The lowest BCUT2D eigenvalue weighted by Gasteiger charge is -2.13. The van der Waals surface area contributed by atoms with Gasteiger partial charge in [-0.25, -0.2) is 9.18 Å². The van der Waals surface area contributed by atoms with Crippen LogP contribution in [0.25, 0.3) is 21.5 Å². The van der Waals surface area contributed by atoms with E-state index in [4.69, 9.17) is 9.47 Å². The second-order valence-electron chi connectivity index (χ2n) is 6.23. The van der Waals surface area contributed by atoms with E-state index in [1.165, 1.54) is 37.4 Å². The van der Waals surface area contributed by atoms with E-state index < -0.39 is 0 Å². The Labute approximate surface area is 148 Å². The van der Waals surface area contributed by atoms with Crippen molar-refractivity contribution in [2.45, 2.75) is 31.8 Å². The number of benzene rings is 1. The fourth-order valence-electron chi connectivity index (χ4n) is 3.25. The smallest absolute Gasteiger partial charge is 0.348 e. The van der Waals surface area contributed by atoms with E-state index in [0.717, 1.165) is 23.1 Å². The Morgan fingerprint density at radius 3 is 2.72 bits per heavy atom. The first-order valence-electron chi connectivity index (χ1n) is 8.31. The molecule has 0 aliphatic heterocycles. The molecule has 1 saturated carbocycles. The molecule has 2 heterocycles. The van der Waals surface area contributed by atoms with Crippen molar-refractivity contribution in [2.24, 2.45) is 0 Å². The summed E-state index contributed by atoms with van der Waals surface area (Å²) in [6.45, 7) is 0. The minimum absolute atomic E-state index is 0.206. The van der Waals surface area contributed by atoms with E-state index in [1.807, 2.05) is 12.1 Å². The number of esters is 1. The van der Waals surface area contributed by atoms with Crippen molar-refractivity contribution in [2.75, 3.05) is 7.11 Å². The number of carbonyl (C=O) groups excluding carboxylic acids is 1. The third kappa shape index (κ3) is 3.14. The van der Waals surface area contributed by atoms with E-state index in [0.29, 0.717) is 21.9 Å². The molecule has 2 aromatic heterocycles. The van der Waals surface area contributed by atoms with Gasteiger partial charge in [0.05, 0.1) is 29.1 Å². The lowest BCUT2D eigenvalue weighted by atomic mass is 10.1. The van der Waals surface area contributed by atoms with Crippen LogP contribution in [-0.4, -0.2) is 24.2 Å². The molecule has 3 aromatic rings. The number of H-pyrrole nitrogens is 1. The molecule has 1 fully saturated rings. The summed E-state index contributed by atoms with van der Waals surface area (Å²) >= 11 is 1.32. The molecule has 0 unspecified atom stereocenters. The van der Waals surface area contributed by atoms with Crippen LogP contribution in [0.2, 0.25) is 0 Å². The highest BCUT2D eigenvalue weighted by Crippen LogP contribution is 2.33. The Bertz CT molecular complexity index is 893. The van der Waals surface area contributed by atoms with Crippen LogP contribution >= 0.6 is 11.3 Å². The molecule has 0 bridgehead atoms. The van der Waals surface area contributed by atoms with E-state index in [1.54, 1.807) is 12.1 Å². The van der Waals surface area contributed by atoms with Crippen LogP contribution < -0.4 is 4.74 Å². The highest BCUT2D eigenvalue weighted by atomic mass is 32.1. The zero-order valence-corrected chi connectivity index (χ0v) is 14.6. The molecule has 1 N–H and O–H groups in total. The highest BCUT2D eigenvalue weighted by molar-refractivity contribution is 7.20. The zero-order valence-electron chi connectivity index (χ0n) is 13.8. The Balaban J connectivity index is 1.59. The summed E-state index contributed by atoms with van der Waals surface area (Å²) in [6.07, 6.45) is 4.64. The molecule has 0 saturated heterocycles. The first-order valence-corrected chi connectivity index (χ1v) is 9.13. The van der Waals surface area contributed by atoms with Gasteiger partial charge in [0.15, 0.2) is 0 Å². The normalized spacial score (nSPS) is 15.0. The summed E-state index contributed by atoms with van der Waals surface area (Å²) in [5, 5.41) is 0. The fourth-order valence-corrected chi connectivity index (χ4v) is 4.23. The van der Waals surface area contributed by atoms with Gasteiger partial charge in [-0.3, -0.25) is 0 Å². The predicted octanol–water partition coefficient (Wildman–Crippen LogP) is 5.14. The number of aromatic amines is 1. The van der Waals surface area contributed by atoms with Gasteiger partial charge in [-0.05, 0) is 49.9 Å². The van der Waals surface area contributed by atoms with E-state index in [2.05, 4.69) is 4.98 Å². The van der Waals surface area contributed by atoms with Gasteiger partial charge in [0, 0.05) is 11.6 Å². The van der Waals surface area contributed by atoms with Gasteiger partial charge in [0.1, 0.15) is 16.4 Å². The lowest BCUT2D eigenvalue weighted by Crippen LogP contribution is -2.10. The number of hydrogen-bond acceptors (Lipinski definition) is 4. The van der Waals surface area contributed by atoms with Crippen molar-refractivity contribution in [3.05, 3.63) is 41.0 Å². The van der Waals surface area contributed by atoms with Crippen molar-refractivity contribution < 1.29 is 18.7 Å². The summed E-state index contributed by atoms with van der Waals surface area (Å²) in [6, 6.07) is 8.57. The summed E-state index contributed by atoms with van der Waals surface area (Å²) in [5.41, 5.74) is 1.97. The van der Waals surface area contributed by atoms with Crippen LogP contribution in [0.3, 0.4) is 0 Å². The average molecular weight is 359 g/mol. The molecular weight excluding hydrogens is 341 g/mol. The summed E-state index contributed by atoms with van der Waals surface area (Å²) in [5.74, 6) is -0.108. The molecule has 0 amide bonds. The number of hydrogen-bond donors (Lipinski definition) is 1. The van der Waals surface area contributed by atoms with Crippen molar-refractivity contribution in [3.63, 3.8) is 0 Å². The van der Waals surface area contributed by atoms with E-state index in [-0.39, 0.29) is 17.9 Å². The molecule has 1 aromatic carbocycles. The van der Waals surface area contributed by atoms with Crippen LogP contribution in [-0.2, 0) is 4.74 Å². The third-order valence-corrected chi connectivity index (χ3v) is 5.59. The SMILES string of the molecule is COC(=O)c1cc2[nH]c(-c3ccc(OC4CCCC4)cc3F)cc2s1. The largest absolute Gasteiger partial charge is 0.490 e. The molecule has 0 atom stereocenters. The molecule has 0 spiro atoms. The monoisotopic (exact) mass is 359 g/mol. The zero-order chi connectivity index (χ0) is 17.4. The molecule has 4 nitrogen and oxygen atoms in total. The maximum atomic E-state index is 14.5. The fraction of sp³-hybridized carbons (Fsp3) is 0.316. The van der Waals surface area contributed by atoms with Crippen molar-refractivity contribution in [1.29, 1.82) is 0 Å². The molecule has 1 aliphatic carbocycles. The standard InChI is InChI=1S/C19H18FNO3S/c1-23-19(22)18-10-16-17(25-18)9-15(21-16)13-7-6-12(8-14(13)20)24-11-4-2-3-5-11/h6-11,21H,2-5H2,1H3. The van der Waals surface area contributed by atoms with Crippen LogP contribution in [0, 0.1) is 5.82 Å². The van der Waals surface area contributed by atoms with Gasteiger partial charge in [-0.2, -0.15) is 0 Å².